The van der Waals surface area contributed by atoms with Gasteiger partial charge in [0.15, 0.2) is 0 Å². The van der Waals surface area contributed by atoms with Crippen LogP contribution in [-0.2, 0) is 10.0 Å². The standard InChI is InChI=1S/C12H17NO5S/c1-9(3-2-8-14)13-19(17,18)11-6-4-10(5-7-11)12(15)16/h4-7,9,13-14H,2-3,8H2,1H3,(H,15,16). The molecule has 106 valence electrons. The van der Waals surface area contributed by atoms with Crippen LogP contribution in [-0.4, -0.2) is 37.2 Å². The van der Waals surface area contributed by atoms with Crippen LogP contribution in [0.2, 0.25) is 0 Å². The molecule has 1 aromatic carbocycles. The molecule has 0 fully saturated rings. The first-order valence-corrected chi connectivity index (χ1v) is 7.31. The molecule has 3 N–H and O–H groups in total. The Kier molecular flexibility index (Phi) is 5.46. The summed E-state index contributed by atoms with van der Waals surface area (Å²) >= 11 is 0. The van der Waals surface area contributed by atoms with E-state index in [0.717, 1.165) is 0 Å². The zero-order valence-electron chi connectivity index (χ0n) is 10.5. The molecule has 1 unspecified atom stereocenters. The Morgan fingerprint density at radius 2 is 1.89 bits per heavy atom. The molecule has 0 bridgehead atoms. The Hall–Kier alpha value is -1.44. The maximum Gasteiger partial charge on any atom is 0.335 e. The van der Waals surface area contributed by atoms with Crippen LogP contribution in [0.1, 0.15) is 30.1 Å². The van der Waals surface area contributed by atoms with E-state index in [9.17, 15) is 13.2 Å². The van der Waals surface area contributed by atoms with Crippen LogP contribution in [0, 0.1) is 0 Å². The van der Waals surface area contributed by atoms with Gasteiger partial charge in [-0.1, -0.05) is 0 Å². The molecule has 0 spiro atoms. The molecule has 1 aromatic rings. The van der Waals surface area contributed by atoms with Crippen molar-refractivity contribution in [2.24, 2.45) is 0 Å². The van der Waals surface area contributed by atoms with Gasteiger partial charge in [-0.05, 0) is 44.0 Å². The number of carboxylic acid groups (broad SMARTS) is 1. The zero-order valence-corrected chi connectivity index (χ0v) is 11.4. The fourth-order valence-electron chi connectivity index (χ4n) is 1.57. The third-order valence-electron chi connectivity index (χ3n) is 2.56. The van der Waals surface area contributed by atoms with E-state index in [2.05, 4.69) is 4.72 Å². The predicted molar refractivity (Wildman–Crippen MR) is 69.5 cm³/mol. The van der Waals surface area contributed by atoms with E-state index in [1.165, 1.54) is 24.3 Å². The van der Waals surface area contributed by atoms with Crippen molar-refractivity contribution in [3.05, 3.63) is 29.8 Å². The number of rotatable bonds is 7. The van der Waals surface area contributed by atoms with Gasteiger partial charge in [-0.25, -0.2) is 17.9 Å². The molecule has 0 saturated carbocycles. The van der Waals surface area contributed by atoms with E-state index in [1.807, 2.05) is 0 Å². The van der Waals surface area contributed by atoms with E-state index in [-0.39, 0.29) is 23.1 Å². The molecule has 0 aliphatic carbocycles. The molecular formula is C12H17NO5S. The van der Waals surface area contributed by atoms with Crippen molar-refractivity contribution in [2.45, 2.75) is 30.7 Å². The van der Waals surface area contributed by atoms with Gasteiger partial charge in [0.1, 0.15) is 0 Å². The van der Waals surface area contributed by atoms with Crippen LogP contribution >= 0.6 is 0 Å². The number of benzene rings is 1. The van der Waals surface area contributed by atoms with Crippen LogP contribution < -0.4 is 4.72 Å². The average molecular weight is 287 g/mol. The highest BCUT2D eigenvalue weighted by molar-refractivity contribution is 7.89. The molecule has 6 nitrogen and oxygen atoms in total. The minimum Gasteiger partial charge on any atom is -0.478 e. The number of aromatic carboxylic acids is 1. The van der Waals surface area contributed by atoms with E-state index in [4.69, 9.17) is 10.2 Å². The Balaban J connectivity index is 2.79. The number of nitrogens with one attached hydrogen (secondary N) is 1. The third kappa shape index (κ3) is 4.62. The van der Waals surface area contributed by atoms with Crippen molar-refractivity contribution < 1.29 is 23.4 Å². The summed E-state index contributed by atoms with van der Waals surface area (Å²) in [5, 5.41) is 17.4. The van der Waals surface area contributed by atoms with Crippen molar-refractivity contribution in [3.8, 4) is 0 Å². The maximum absolute atomic E-state index is 12.0. The number of carbonyl (C=O) groups is 1. The second-order valence-electron chi connectivity index (χ2n) is 4.22. The molecule has 0 aliphatic heterocycles. The Morgan fingerprint density at radius 3 is 2.37 bits per heavy atom. The third-order valence-corrected chi connectivity index (χ3v) is 4.17. The fraction of sp³-hybridized carbons (Fsp3) is 0.417. The summed E-state index contributed by atoms with van der Waals surface area (Å²) in [5.41, 5.74) is 0.0345. The molecule has 0 radical (unpaired) electrons. The van der Waals surface area contributed by atoms with E-state index in [1.54, 1.807) is 6.92 Å². The van der Waals surface area contributed by atoms with Crippen LogP contribution in [0.25, 0.3) is 0 Å². The molecule has 0 saturated heterocycles. The van der Waals surface area contributed by atoms with Crippen molar-refractivity contribution in [2.75, 3.05) is 6.61 Å². The highest BCUT2D eigenvalue weighted by atomic mass is 32.2. The molecule has 7 heteroatoms. The van der Waals surface area contributed by atoms with Crippen LogP contribution in [0.15, 0.2) is 29.2 Å². The van der Waals surface area contributed by atoms with Crippen LogP contribution in [0.4, 0.5) is 0 Å². The quantitative estimate of drug-likeness (QED) is 0.689. The topological polar surface area (TPSA) is 104 Å². The summed E-state index contributed by atoms with van der Waals surface area (Å²) in [7, 11) is -3.66. The largest absolute Gasteiger partial charge is 0.478 e. The second-order valence-corrected chi connectivity index (χ2v) is 5.93. The Labute approximate surface area is 112 Å². The highest BCUT2D eigenvalue weighted by Gasteiger charge is 2.17. The van der Waals surface area contributed by atoms with Crippen molar-refractivity contribution in [1.82, 2.24) is 4.72 Å². The number of sulfonamides is 1. The number of aliphatic hydroxyl groups is 1. The number of hydrogen-bond donors (Lipinski definition) is 3. The summed E-state index contributed by atoms with van der Waals surface area (Å²) in [6.45, 7) is 1.72. The highest BCUT2D eigenvalue weighted by Crippen LogP contribution is 2.12. The van der Waals surface area contributed by atoms with Gasteiger partial charge in [-0.2, -0.15) is 0 Å². The van der Waals surface area contributed by atoms with Gasteiger partial charge in [0.05, 0.1) is 10.5 Å². The van der Waals surface area contributed by atoms with Crippen molar-refractivity contribution in [3.63, 3.8) is 0 Å². The minimum atomic E-state index is -3.66. The molecular weight excluding hydrogens is 270 g/mol. The van der Waals surface area contributed by atoms with Gasteiger partial charge in [0, 0.05) is 12.6 Å². The maximum atomic E-state index is 12.0. The lowest BCUT2D eigenvalue weighted by Crippen LogP contribution is -2.32. The monoisotopic (exact) mass is 287 g/mol. The molecule has 1 rings (SSSR count). The second kappa shape index (κ2) is 6.65. The van der Waals surface area contributed by atoms with Gasteiger partial charge < -0.3 is 10.2 Å². The number of hydrogen-bond acceptors (Lipinski definition) is 4. The minimum absolute atomic E-state index is 0.0133. The lowest BCUT2D eigenvalue weighted by Gasteiger charge is -2.13. The molecule has 0 amide bonds. The van der Waals surface area contributed by atoms with Gasteiger partial charge >= 0.3 is 5.97 Å². The summed E-state index contributed by atoms with van der Waals surface area (Å²) in [6, 6.07) is 4.70. The first kappa shape index (κ1) is 15.6. The predicted octanol–water partition coefficient (Wildman–Crippen LogP) is 0.824. The Morgan fingerprint density at radius 1 is 1.32 bits per heavy atom. The number of carboxylic acids is 1. The first-order valence-electron chi connectivity index (χ1n) is 5.83. The summed E-state index contributed by atoms with van der Waals surface area (Å²) in [6.07, 6.45) is 1.05. The van der Waals surface area contributed by atoms with Crippen molar-refractivity contribution in [1.29, 1.82) is 0 Å². The molecule has 0 aliphatic rings. The molecule has 0 aromatic heterocycles. The lowest BCUT2D eigenvalue weighted by atomic mass is 10.2. The molecule has 1 atom stereocenters. The van der Waals surface area contributed by atoms with Crippen LogP contribution in [0.3, 0.4) is 0 Å². The van der Waals surface area contributed by atoms with Gasteiger partial charge in [-0.3, -0.25) is 0 Å². The van der Waals surface area contributed by atoms with E-state index < -0.39 is 16.0 Å². The first-order chi connectivity index (χ1) is 8.86. The van der Waals surface area contributed by atoms with Crippen LogP contribution in [0.5, 0.6) is 0 Å². The van der Waals surface area contributed by atoms with Gasteiger partial charge in [0.2, 0.25) is 10.0 Å². The normalized spacial score (nSPS) is 13.2. The van der Waals surface area contributed by atoms with Gasteiger partial charge in [-0.15, -0.1) is 0 Å². The summed E-state index contributed by atoms with van der Waals surface area (Å²) in [4.78, 5) is 10.7. The molecule has 0 heterocycles. The molecule has 19 heavy (non-hydrogen) atoms. The fourth-order valence-corrected chi connectivity index (χ4v) is 2.84. The van der Waals surface area contributed by atoms with Crippen molar-refractivity contribution >= 4 is 16.0 Å². The zero-order chi connectivity index (χ0) is 14.5. The SMILES string of the molecule is CC(CCCO)NS(=O)(=O)c1ccc(C(=O)O)cc1. The summed E-state index contributed by atoms with van der Waals surface area (Å²) in [5.74, 6) is -1.10. The average Bonchev–Trinajstić information content (AvgIpc) is 2.36. The Bertz CT molecular complexity index is 524. The van der Waals surface area contributed by atoms with Gasteiger partial charge in [0.25, 0.3) is 0 Å². The lowest BCUT2D eigenvalue weighted by molar-refractivity contribution is 0.0696. The van der Waals surface area contributed by atoms with E-state index >= 15 is 0 Å². The summed E-state index contributed by atoms with van der Waals surface area (Å²) < 4.78 is 26.4. The smallest absolute Gasteiger partial charge is 0.335 e. The van der Waals surface area contributed by atoms with E-state index in [0.29, 0.717) is 12.8 Å². The number of aliphatic hydroxyl groups excluding tert-OH is 1.